The Balaban J connectivity index is 1.60. The molecule has 0 N–H and O–H groups in total. The first-order valence-corrected chi connectivity index (χ1v) is 12.0. The minimum Gasteiger partial charge on any atom is -0.494 e. The molecule has 0 amide bonds. The molecule has 0 atom stereocenters. The molecule has 2 heterocycles. The minimum atomic E-state index is -0.0493. The first-order valence-electron chi connectivity index (χ1n) is 11.2. The summed E-state index contributed by atoms with van der Waals surface area (Å²) in [5, 5.41) is 0. The van der Waals surface area contributed by atoms with E-state index in [1.807, 2.05) is 91.0 Å². The van der Waals surface area contributed by atoms with Crippen LogP contribution in [0.5, 0.6) is 5.75 Å². The third kappa shape index (κ3) is 4.32. The van der Waals surface area contributed by atoms with Crippen molar-refractivity contribution in [2.45, 2.75) is 19.8 Å². The van der Waals surface area contributed by atoms with Gasteiger partial charge in [-0.05, 0) is 30.2 Å². The van der Waals surface area contributed by atoms with Crippen LogP contribution >= 0.6 is 11.3 Å². The highest BCUT2D eigenvalue weighted by molar-refractivity contribution is 7.15. The van der Waals surface area contributed by atoms with Gasteiger partial charge in [-0.1, -0.05) is 97.5 Å². The molecule has 0 spiro atoms. The number of ether oxygens (including phenoxy) is 1. The van der Waals surface area contributed by atoms with Crippen LogP contribution in [0.15, 0.2) is 89.7 Å². The molecule has 33 heavy (non-hydrogen) atoms. The van der Waals surface area contributed by atoms with Crippen LogP contribution < -0.4 is 14.8 Å². The predicted octanol–water partition coefficient (Wildman–Crippen LogP) is 5.82. The summed E-state index contributed by atoms with van der Waals surface area (Å²) in [5.74, 6) is 0.850. The van der Waals surface area contributed by atoms with E-state index in [0.717, 1.165) is 53.3 Å². The fourth-order valence-electron chi connectivity index (χ4n) is 3.81. The first-order chi connectivity index (χ1) is 16.2. The van der Waals surface area contributed by atoms with Gasteiger partial charge in [-0.15, -0.1) is 0 Å². The molecule has 0 saturated heterocycles. The first kappa shape index (κ1) is 21.2. The van der Waals surface area contributed by atoms with Crippen LogP contribution in [0.2, 0.25) is 0 Å². The number of benzene rings is 3. The van der Waals surface area contributed by atoms with Gasteiger partial charge >= 0.3 is 0 Å². The van der Waals surface area contributed by atoms with E-state index >= 15 is 0 Å². The predicted molar refractivity (Wildman–Crippen MR) is 136 cm³/mol. The van der Waals surface area contributed by atoms with Crippen LogP contribution in [0.3, 0.4) is 0 Å². The molecule has 0 unspecified atom stereocenters. The van der Waals surface area contributed by atoms with Crippen molar-refractivity contribution in [3.63, 3.8) is 0 Å². The molecule has 0 bridgehead atoms. The average molecular weight is 453 g/mol. The second kappa shape index (κ2) is 9.43. The highest BCUT2D eigenvalue weighted by atomic mass is 32.1. The molecule has 4 nitrogen and oxygen atoms in total. The Hall–Kier alpha value is -3.70. The van der Waals surface area contributed by atoms with Gasteiger partial charge in [0, 0.05) is 11.1 Å². The fraction of sp³-hybridized carbons (Fsp3) is 0.143. The largest absolute Gasteiger partial charge is 0.494 e. The molecule has 0 aliphatic rings. The van der Waals surface area contributed by atoms with E-state index in [4.69, 9.17) is 9.72 Å². The van der Waals surface area contributed by atoms with Gasteiger partial charge < -0.3 is 4.74 Å². The Morgan fingerprint density at radius 3 is 2.24 bits per heavy atom. The lowest BCUT2D eigenvalue weighted by Crippen LogP contribution is -2.23. The Bertz CT molecular complexity index is 1470. The van der Waals surface area contributed by atoms with Crippen molar-refractivity contribution in [2.24, 2.45) is 0 Å². The van der Waals surface area contributed by atoms with Gasteiger partial charge in [-0.2, -0.15) is 0 Å². The molecule has 164 valence electrons. The number of aromatic nitrogens is 2. The molecule has 0 saturated carbocycles. The van der Waals surface area contributed by atoms with Crippen molar-refractivity contribution in [3.8, 4) is 28.3 Å². The van der Waals surface area contributed by atoms with E-state index in [0.29, 0.717) is 9.49 Å². The number of hydrogen-bond acceptors (Lipinski definition) is 4. The van der Waals surface area contributed by atoms with Crippen LogP contribution in [0.4, 0.5) is 0 Å². The van der Waals surface area contributed by atoms with E-state index in [1.165, 1.54) is 11.3 Å². The Morgan fingerprint density at radius 2 is 1.58 bits per heavy atom. The third-order valence-electron chi connectivity index (χ3n) is 5.50. The van der Waals surface area contributed by atoms with Gasteiger partial charge in [0.2, 0.25) is 0 Å². The van der Waals surface area contributed by atoms with Crippen molar-refractivity contribution in [1.29, 1.82) is 0 Å². The topological polar surface area (TPSA) is 43.6 Å². The van der Waals surface area contributed by atoms with Crippen molar-refractivity contribution in [1.82, 2.24) is 9.38 Å². The Kier molecular flexibility index (Phi) is 6.05. The molecular formula is C28H24N2O2S. The molecule has 3 aromatic carbocycles. The third-order valence-corrected chi connectivity index (χ3v) is 6.47. The van der Waals surface area contributed by atoms with Crippen LogP contribution in [0.1, 0.15) is 25.3 Å². The number of rotatable bonds is 7. The summed E-state index contributed by atoms with van der Waals surface area (Å²) < 4.78 is 8.15. The highest BCUT2D eigenvalue weighted by Gasteiger charge is 2.19. The maximum absolute atomic E-state index is 13.5. The van der Waals surface area contributed by atoms with Gasteiger partial charge in [-0.3, -0.25) is 4.79 Å². The smallest absolute Gasteiger partial charge is 0.274 e. The zero-order valence-corrected chi connectivity index (χ0v) is 19.2. The lowest BCUT2D eigenvalue weighted by Gasteiger charge is -2.05. The SMILES string of the molecule is CCCCOc1ccc(C=c2sc3nc(-c4ccccc4)c(-c4ccccc4)n3c2=O)cc1. The number of hydrogen-bond donors (Lipinski definition) is 0. The highest BCUT2D eigenvalue weighted by Crippen LogP contribution is 2.32. The summed E-state index contributed by atoms with van der Waals surface area (Å²) in [4.78, 5) is 19.1. The zero-order valence-electron chi connectivity index (χ0n) is 18.4. The summed E-state index contributed by atoms with van der Waals surface area (Å²) in [6.45, 7) is 2.87. The van der Waals surface area contributed by atoms with Gasteiger partial charge in [0.1, 0.15) is 5.75 Å². The van der Waals surface area contributed by atoms with Crippen molar-refractivity contribution in [2.75, 3.05) is 6.61 Å². The lowest BCUT2D eigenvalue weighted by molar-refractivity contribution is 0.309. The summed E-state index contributed by atoms with van der Waals surface area (Å²) >= 11 is 1.42. The maximum atomic E-state index is 13.5. The monoisotopic (exact) mass is 452 g/mol. The van der Waals surface area contributed by atoms with Crippen LogP contribution in [0.25, 0.3) is 33.6 Å². The van der Waals surface area contributed by atoms with Gasteiger partial charge in [-0.25, -0.2) is 9.38 Å². The maximum Gasteiger partial charge on any atom is 0.274 e. The van der Waals surface area contributed by atoms with Gasteiger partial charge in [0.05, 0.1) is 22.5 Å². The van der Waals surface area contributed by atoms with Crippen LogP contribution in [-0.2, 0) is 0 Å². The summed E-state index contributed by atoms with van der Waals surface area (Å²) in [5.41, 5.74) is 4.54. The summed E-state index contributed by atoms with van der Waals surface area (Å²) in [7, 11) is 0. The van der Waals surface area contributed by atoms with Crippen molar-refractivity contribution < 1.29 is 4.74 Å². The second-order valence-electron chi connectivity index (χ2n) is 7.85. The van der Waals surface area contributed by atoms with E-state index in [-0.39, 0.29) is 5.56 Å². The van der Waals surface area contributed by atoms with Gasteiger partial charge in [0.15, 0.2) is 4.96 Å². The lowest BCUT2D eigenvalue weighted by atomic mass is 10.1. The second-order valence-corrected chi connectivity index (χ2v) is 8.86. The Labute approximate surface area is 196 Å². The number of imidazole rings is 1. The molecule has 5 rings (SSSR count). The summed E-state index contributed by atoms with van der Waals surface area (Å²) in [6, 6.07) is 27.9. The molecule has 0 aliphatic carbocycles. The summed E-state index contributed by atoms with van der Waals surface area (Å²) in [6.07, 6.45) is 4.07. The normalized spacial score (nSPS) is 11.8. The molecule has 0 radical (unpaired) electrons. The molecular weight excluding hydrogens is 428 g/mol. The fourth-order valence-corrected chi connectivity index (χ4v) is 4.78. The quantitative estimate of drug-likeness (QED) is 0.292. The van der Waals surface area contributed by atoms with Crippen LogP contribution in [-0.4, -0.2) is 16.0 Å². The number of unbranched alkanes of at least 4 members (excludes halogenated alkanes) is 1. The molecule has 5 heteroatoms. The van der Waals surface area contributed by atoms with Gasteiger partial charge in [0.25, 0.3) is 5.56 Å². The minimum absolute atomic E-state index is 0.0493. The van der Waals surface area contributed by atoms with Crippen molar-refractivity contribution >= 4 is 22.4 Å². The van der Waals surface area contributed by atoms with E-state index in [1.54, 1.807) is 4.40 Å². The average Bonchev–Trinajstić information content (AvgIpc) is 3.38. The van der Waals surface area contributed by atoms with Crippen molar-refractivity contribution in [3.05, 3.63) is 105 Å². The van der Waals surface area contributed by atoms with E-state index in [9.17, 15) is 4.79 Å². The number of fused-ring (bicyclic) bond motifs is 1. The molecule has 2 aromatic heterocycles. The standard InChI is InChI=1S/C28H24N2O2S/c1-2-3-18-32-23-16-14-20(15-17-23)19-24-27(31)30-26(22-12-8-5-9-13-22)25(29-28(30)33-24)21-10-6-4-7-11-21/h4-17,19H,2-3,18H2,1H3. The van der Waals surface area contributed by atoms with E-state index in [2.05, 4.69) is 6.92 Å². The van der Waals surface area contributed by atoms with E-state index < -0.39 is 0 Å². The number of thiazole rings is 1. The van der Waals surface area contributed by atoms with Crippen LogP contribution in [0, 0.1) is 0 Å². The Morgan fingerprint density at radius 1 is 0.909 bits per heavy atom. The molecule has 0 aliphatic heterocycles. The zero-order chi connectivity index (χ0) is 22.6. The number of nitrogens with zero attached hydrogens (tertiary/aromatic N) is 2. The molecule has 5 aromatic rings. The molecule has 0 fully saturated rings.